The van der Waals surface area contributed by atoms with Gasteiger partial charge in [0.05, 0.1) is 0 Å². The number of fused-ring (bicyclic) bond motifs is 1. The molecule has 34 heavy (non-hydrogen) atoms. The lowest BCUT2D eigenvalue weighted by Crippen LogP contribution is -2.57. The molecule has 0 unspecified atom stereocenters. The zero-order valence-corrected chi connectivity index (χ0v) is 19.2. The van der Waals surface area contributed by atoms with Crippen molar-refractivity contribution >= 4 is 21.9 Å². The van der Waals surface area contributed by atoms with Crippen LogP contribution in [0.25, 0.3) is 0 Å². The molecule has 2 aliphatic heterocycles. The molecule has 3 heterocycles. The Hall–Kier alpha value is -3.37. The van der Waals surface area contributed by atoms with Crippen LogP contribution in [0, 0.1) is 5.82 Å². The fourth-order valence-corrected chi connectivity index (χ4v) is 6.16. The molecule has 2 aromatic carbocycles. The monoisotopic (exact) mass is 481 g/mol. The van der Waals surface area contributed by atoms with Crippen molar-refractivity contribution in [2.24, 2.45) is 0 Å². The van der Waals surface area contributed by atoms with Crippen molar-refractivity contribution in [2.75, 3.05) is 31.1 Å². The summed E-state index contributed by atoms with van der Waals surface area (Å²) in [7, 11) is -4.24. The largest absolute Gasteiger partial charge is 0.338 e. The average Bonchev–Trinajstić information content (AvgIpc) is 2.88. The maximum atomic E-state index is 14.5. The van der Waals surface area contributed by atoms with Crippen molar-refractivity contribution in [1.29, 1.82) is 0 Å². The third-order valence-corrected chi connectivity index (χ3v) is 8.23. The van der Waals surface area contributed by atoms with Gasteiger partial charge in [-0.3, -0.25) is 4.79 Å². The van der Waals surface area contributed by atoms with E-state index in [9.17, 15) is 17.6 Å². The predicted octanol–water partition coefficient (Wildman–Crippen LogP) is 2.08. The fraction of sp³-hybridized carbons (Fsp3) is 0.292. The number of rotatable bonds is 4. The van der Waals surface area contributed by atoms with E-state index in [1.54, 1.807) is 23.4 Å². The van der Waals surface area contributed by atoms with Gasteiger partial charge < -0.3 is 9.80 Å². The molecule has 8 nitrogen and oxygen atoms in total. The van der Waals surface area contributed by atoms with Crippen LogP contribution in [0.5, 0.6) is 0 Å². The topological polar surface area (TPSA) is 86.7 Å². The molecule has 3 aromatic rings. The van der Waals surface area contributed by atoms with Crippen LogP contribution in [-0.4, -0.2) is 65.7 Å². The van der Waals surface area contributed by atoms with Gasteiger partial charge in [0.1, 0.15) is 16.8 Å². The van der Waals surface area contributed by atoms with Gasteiger partial charge in [0.25, 0.3) is 0 Å². The molecular weight excluding hydrogens is 457 g/mol. The molecule has 10 heteroatoms. The highest BCUT2D eigenvalue weighted by molar-refractivity contribution is 7.89. The molecule has 0 bridgehead atoms. The van der Waals surface area contributed by atoms with Crippen molar-refractivity contribution < 1.29 is 17.6 Å². The molecule has 1 amide bonds. The molecule has 1 aromatic heterocycles. The number of carbonyl (C=O) groups excluding carboxylic acids is 1. The van der Waals surface area contributed by atoms with Crippen LogP contribution in [0.2, 0.25) is 0 Å². The van der Waals surface area contributed by atoms with E-state index in [-0.39, 0.29) is 18.9 Å². The van der Waals surface area contributed by atoms with E-state index in [0.717, 1.165) is 21.5 Å². The minimum Gasteiger partial charge on any atom is -0.338 e. The smallest absolute Gasteiger partial charge is 0.247 e. The van der Waals surface area contributed by atoms with Crippen molar-refractivity contribution in [3.63, 3.8) is 0 Å². The summed E-state index contributed by atoms with van der Waals surface area (Å²) in [4.78, 5) is 25.4. The summed E-state index contributed by atoms with van der Waals surface area (Å²) in [6, 6.07) is 13.5. The molecule has 2 aliphatic rings. The summed E-state index contributed by atoms with van der Waals surface area (Å²) < 4.78 is 42.7. The maximum Gasteiger partial charge on any atom is 0.247 e. The molecule has 0 N–H and O–H groups in total. The second kappa shape index (κ2) is 9.11. The molecule has 0 radical (unpaired) electrons. The standard InChI is InChI=1S/C24H24FN5O3S/c25-20-8-3-4-9-22(20)34(32,33)30-17-19-7-2-1-6-18(19)16-21(30)23(31)28-12-14-29(15-13-28)24-26-10-5-11-27-24/h1-11,21H,12-17H2/t21-/m1/s1. The molecule has 1 saturated heterocycles. The summed E-state index contributed by atoms with van der Waals surface area (Å²) in [5.74, 6) is -0.503. The quantitative estimate of drug-likeness (QED) is 0.567. The van der Waals surface area contributed by atoms with Gasteiger partial charge in [0, 0.05) is 45.1 Å². The number of anilines is 1. The lowest BCUT2D eigenvalue weighted by Gasteiger charge is -2.40. The van der Waals surface area contributed by atoms with Crippen molar-refractivity contribution in [1.82, 2.24) is 19.2 Å². The van der Waals surface area contributed by atoms with E-state index in [0.29, 0.717) is 32.1 Å². The average molecular weight is 482 g/mol. The van der Waals surface area contributed by atoms with Gasteiger partial charge in [-0.2, -0.15) is 4.31 Å². The maximum absolute atomic E-state index is 14.5. The molecular formula is C24H24FN5O3S. The van der Waals surface area contributed by atoms with Crippen LogP contribution in [-0.2, 0) is 27.8 Å². The van der Waals surface area contributed by atoms with Crippen LogP contribution < -0.4 is 4.90 Å². The second-order valence-electron chi connectivity index (χ2n) is 8.33. The Kier molecular flexibility index (Phi) is 6.01. The first-order valence-electron chi connectivity index (χ1n) is 11.1. The number of benzene rings is 2. The number of halogens is 1. The summed E-state index contributed by atoms with van der Waals surface area (Å²) in [5, 5.41) is 0. The van der Waals surface area contributed by atoms with E-state index in [4.69, 9.17) is 0 Å². The Bertz CT molecular complexity index is 1300. The number of hydrogen-bond donors (Lipinski definition) is 0. The zero-order chi connectivity index (χ0) is 23.7. The lowest BCUT2D eigenvalue weighted by molar-refractivity contribution is -0.136. The second-order valence-corrected chi connectivity index (χ2v) is 10.2. The summed E-state index contributed by atoms with van der Waals surface area (Å²) in [5.41, 5.74) is 1.75. The Morgan fingerprint density at radius 3 is 2.24 bits per heavy atom. The minimum atomic E-state index is -4.24. The summed E-state index contributed by atoms with van der Waals surface area (Å²) in [6.07, 6.45) is 3.58. The van der Waals surface area contributed by atoms with Crippen LogP contribution in [0.3, 0.4) is 0 Å². The first kappa shape index (κ1) is 22.4. The third kappa shape index (κ3) is 4.14. The third-order valence-electron chi connectivity index (χ3n) is 6.34. The SMILES string of the molecule is O=C([C@H]1Cc2ccccc2CN1S(=O)(=O)c1ccccc1F)N1CCN(c2ncccn2)CC1. The molecule has 0 spiro atoms. The Morgan fingerprint density at radius 1 is 0.882 bits per heavy atom. The van der Waals surface area contributed by atoms with Gasteiger partial charge in [0.15, 0.2) is 0 Å². The highest BCUT2D eigenvalue weighted by Crippen LogP contribution is 2.31. The van der Waals surface area contributed by atoms with Gasteiger partial charge in [-0.25, -0.2) is 22.8 Å². The number of aromatic nitrogens is 2. The van der Waals surface area contributed by atoms with Gasteiger partial charge in [-0.05, 0) is 35.7 Å². The lowest BCUT2D eigenvalue weighted by atomic mass is 9.95. The van der Waals surface area contributed by atoms with Crippen LogP contribution in [0.4, 0.5) is 10.3 Å². The molecule has 5 rings (SSSR count). The Morgan fingerprint density at radius 2 is 1.53 bits per heavy atom. The van der Waals surface area contributed by atoms with Crippen LogP contribution in [0.1, 0.15) is 11.1 Å². The van der Waals surface area contributed by atoms with Crippen molar-refractivity contribution in [2.45, 2.75) is 23.9 Å². The Balaban J connectivity index is 1.42. The number of sulfonamides is 1. The highest BCUT2D eigenvalue weighted by atomic mass is 32.2. The Labute approximate surface area is 197 Å². The van der Waals surface area contributed by atoms with Crippen LogP contribution >= 0.6 is 0 Å². The van der Waals surface area contributed by atoms with E-state index in [1.165, 1.54) is 18.2 Å². The molecule has 176 valence electrons. The number of nitrogens with zero attached hydrogens (tertiary/aromatic N) is 5. The molecule has 0 saturated carbocycles. The van der Waals surface area contributed by atoms with E-state index >= 15 is 0 Å². The van der Waals surface area contributed by atoms with Crippen molar-refractivity contribution in [3.05, 3.63) is 83.9 Å². The van der Waals surface area contributed by atoms with E-state index in [1.807, 2.05) is 29.2 Å². The van der Waals surface area contributed by atoms with Gasteiger partial charge in [-0.15, -0.1) is 0 Å². The molecule has 1 atom stereocenters. The first-order chi connectivity index (χ1) is 16.4. The number of carbonyl (C=O) groups is 1. The summed E-state index contributed by atoms with van der Waals surface area (Å²) in [6.45, 7) is 1.94. The number of amides is 1. The zero-order valence-electron chi connectivity index (χ0n) is 18.4. The predicted molar refractivity (Wildman–Crippen MR) is 124 cm³/mol. The van der Waals surface area contributed by atoms with Gasteiger partial charge in [-0.1, -0.05) is 36.4 Å². The van der Waals surface area contributed by atoms with Crippen LogP contribution in [0.15, 0.2) is 71.9 Å². The minimum absolute atomic E-state index is 0.0149. The summed E-state index contributed by atoms with van der Waals surface area (Å²) >= 11 is 0. The fourth-order valence-electron chi connectivity index (χ4n) is 4.53. The van der Waals surface area contributed by atoms with E-state index in [2.05, 4.69) is 9.97 Å². The molecule has 0 aliphatic carbocycles. The first-order valence-corrected chi connectivity index (χ1v) is 12.5. The number of hydrogen-bond acceptors (Lipinski definition) is 6. The van der Waals surface area contributed by atoms with E-state index < -0.39 is 26.8 Å². The van der Waals surface area contributed by atoms with Gasteiger partial charge in [0.2, 0.25) is 21.9 Å². The van der Waals surface area contributed by atoms with Crippen molar-refractivity contribution in [3.8, 4) is 0 Å². The highest BCUT2D eigenvalue weighted by Gasteiger charge is 2.42. The normalized spacial score (nSPS) is 19.0. The molecule has 1 fully saturated rings. The number of piperazine rings is 1. The van der Waals surface area contributed by atoms with Gasteiger partial charge >= 0.3 is 0 Å².